The van der Waals surface area contributed by atoms with Gasteiger partial charge in [-0.25, -0.2) is 14.3 Å². The number of aliphatic hydroxyl groups is 1. The molecule has 0 aliphatic heterocycles. The fourth-order valence-corrected chi connectivity index (χ4v) is 4.09. The number of Topliss-reactive ketones (excluding diaryl/α,β-unsaturated/α-hetero) is 1. The van der Waals surface area contributed by atoms with Gasteiger partial charge in [-0.05, 0) is 48.2 Å². The zero-order valence-electron chi connectivity index (χ0n) is 21.0. The summed E-state index contributed by atoms with van der Waals surface area (Å²) < 4.78 is 84.7. The number of aromatic nitrogens is 3. The van der Waals surface area contributed by atoms with Crippen LogP contribution in [0.3, 0.4) is 0 Å². The van der Waals surface area contributed by atoms with Crippen molar-refractivity contribution in [2.75, 3.05) is 6.61 Å². The van der Waals surface area contributed by atoms with Crippen LogP contribution in [-0.4, -0.2) is 50.2 Å². The molecule has 1 aromatic heterocycles. The van der Waals surface area contributed by atoms with Crippen molar-refractivity contribution in [3.63, 3.8) is 0 Å². The van der Waals surface area contributed by atoms with Crippen LogP contribution < -0.4 is 11.4 Å². The van der Waals surface area contributed by atoms with Crippen LogP contribution in [0.2, 0.25) is 5.02 Å². The van der Waals surface area contributed by atoms with E-state index in [-0.39, 0.29) is 35.0 Å². The number of carbonyl (C=O) groups is 2. The number of halogens is 7. The highest BCUT2D eigenvalue weighted by Gasteiger charge is 2.39. The van der Waals surface area contributed by atoms with E-state index in [1.807, 2.05) is 0 Å². The Bertz CT molecular complexity index is 1440. The van der Waals surface area contributed by atoms with Crippen molar-refractivity contribution in [2.45, 2.75) is 50.3 Å². The maximum atomic E-state index is 13.3. The normalized spacial score (nSPS) is 13.6. The summed E-state index contributed by atoms with van der Waals surface area (Å²) in [5, 5.41) is 13.9. The molecule has 0 radical (unpaired) electrons. The lowest BCUT2D eigenvalue weighted by Gasteiger charge is -2.18. The van der Waals surface area contributed by atoms with Crippen LogP contribution >= 0.6 is 11.6 Å². The third-order valence-corrected chi connectivity index (χ3v) is 6.21. The van der Waals surface area contributed by atoms with Crippen molar-refractivity contribution in [1.29, 1.82) is 0 Å². The van der Waals surface area contributed by atoms with Crippen molar-refractivity contribution in [3.05, 3.63) is 75.2 Å². The van der Waals surface area contributed by atoms with Gasteiger partial charge in [0.2, 0.25) is 0 Å². The molecule has 0 saturated carbocycles. The number of carbonyl (C=O) groups excluding carboxylic acids is 2. The number of primary amides is 1. The van der Waals surface area contributed by atoms with Crippen LogP contribution in [0.4, 0.5) is 31.1 Å². The highest BCUT2D eigenvalue weighted by atomic mass is 35.5. The molecule has 0 fully saturated rings. The van der Waals surface area contributed by atoms with Crippen molar-refractivity contribution in [3.8, 4) is 11.4 Å². The quantitative estimate of drug-likeness (QED) is 0.308. The van der Waals surface area contributed by atoms with Crippen LogP contribution in [0.25, 0.3) is 11.4 Å². The van der Waals surface area contributed by atoms with Crippen molar-refractivity contribution in [1.82, 2.24) is 14.3 Å². The van der Waals surface area contributed by atoms with Crippen LogP contribution in [-0.2, 0) is 28.8 Å². The first-order valence-electron chi connectivity index (χ1n) is 11.9. The van der Waals surface area contributed by atoms with Gasteiger partial charge in [-0.3, -0.25) is 9.36 Å². The minimum absolute atomic E-state index is 0.0919. The van der Waals surface area contributed by atoms with Gasteiger partial charge in [0.1, 0.15) is 6.54 Å². The van der Waals surface area contributed by atoms with Crippen LogP contribution in [0.5, 0.6) is 0 Å². The predicted octanol–water partition coefficient (Wildman–Crippen LogP) is 4.54. The molecule has 41 heavy (non-hydrogen) atoms. The van der Waals surface area contributed by atoms with E-state index in [0.717, 1.165) is 18.2 Å². The average molecular weight is 609 g/mol. The standard InChI is InChI=1S/C25H23ClF6N4O5/c26-18-6-4-14(5-7-18)21-34-36(23(40)35(21)13-20(38)25(30,31)32)12-19(37)11-16(8-9-41-22(33)39)15-2-1-3-17(10-15)24(27,28)29/h1-7,10,16,20,38H,8-9,11-13H2,(H2,33,39)/t16?,20-/m0/s1. The van der Waals surface area contributed by atoms with Crippen molar-refractivity contribution >= 4 is 23.5 Å². The molecular formula is C25H23ClF6N4O5. The molecule has 0 bridgehead atoms. The predicted molar refractivity (Wildman–Crippen MR) is 133 cm³/mol. The van der Waals surface area contributed by atoms with E-state index < -0.39 is 67.0 Å². The summed E-state index contributed by atoms with van der Waals surface area (Å²) in [6.07, 6.45) is -14.3. The molecule has 3 N–H and O–H groups in total. The lowest BCUT2D eigenvalue weighted by Crippen LogP contribution is -2.37. The Morgan fingerprint density at radius 1 is 1.07 bits per heavy atom. The zero-order valence-corrected chi connectivity index (χ0v) is 21.7. The molecule has 1 heterocycles. The minimum atomic E-state index is -5.06. The van der Waals surface area contributed by atoms with Crippen molar-refractivity contribution < 1.29 is 45.8 Å². The summed E-state index contributed by atoms with van der Waals surface area (Å²) in [6.45, 7) is -2.29. The summed E-state index contributed by atoms with van der Waals surface area (Å²) in [4.78, 5) is 36.9. The maximum Gasteiger partial charge on any atom is 0.416 e. The molecule has 3 rings (SSSR count). The Hall–Kier alpha value is -3.85. The number of nitrogens with two attached hydrogens (primary N) is 1. The fraction of sp³-hybridized carbons (Fsp3) is 0.360. The second kappa shape index (κ2) is 12.8. The number of hydrogen-bond acceptors (Lipinski definition) is 6. The molecular weight excluding hydrogens is 586 g/mol. The first-order chi connectivity index (χ1) is 19.1. The second-order valence-electron chi connectivity index (χ2n) is 8.96. The van der Waals surface area contributed by atoms with E-state index in [1.165, 1.54) is 30.3 Å². The van der Waals surface area contributed by atoms with Gasteiger partial charge in [0.15, 0.2) is 17.7 Å². The number of ether oxygens (including phenoxy) is 1. The van der Waals surface area contributed by atoms with E-state index in [2.05, 4.69) is 9.84 Å². The second-order valence-corrected chi connectivity index (χ2v) is 9.39. The van der Waals surface area contributed by atoms with Crippen LogP contribution in [0, 0.1) is 0 Å². The maximum absolute atomic E-state index is 13.3. The number of ketones is 1. The molecule has 0 aliphatic rings. The molecule has 3 aromatic rings. The molecule has 0 aliphatic carbocycles. The van der Waals surface area contributed by atoms with E-state index in [4.69, 9.17) is 17.3 Å². The largest absolute Gasteiger partial charge is 0.450 e. The summed E-state index contributed by atoms with van der Waals surface area (Å²) in [7, 11) is 0. The van der Waals surface area contributed by atoms with E-state index in [9.17, 15) is 45.8 Å². The minimum Gasteiger partial charge on any atom is -0.450 e. The zero-order chi connectivity index (χ0) is 30.5. The van der Waals surface area contributed by atoms with Gasteiger partial charge in [-0.1, -0.05) is 29.8 Å². The Balaban J connectivity index is 1.92. The van der Waals surface area contributed by atoms with Crippen molar-refractivity contribution in [2.24, 2.45) is 5.73 Å². The first-order valence-corrected chi connectivity index (χ1v) is 12.2. The number of hydrogen-bond donors (Lipinski definition) is 2. The van der Waals surface area contributed by atoms with Gasteiger partial charge < -0.3 is 15.6 Å². The van der Waals surface area contributed by atoms with E-state index in [1.54, 1.807) is 0 Å². The monoisotopic (exact) mass is 608 g/mol. The Labute approximate surface area is 233 Å². The van der Waals surface area contributed by atoms with Gasteiger partial charge in [-0.2, -0.15) is 26.3 Å². The van der Waals surface area contributed by atoms with Gasteiger partial charge in [0.05, 0.1) is 18.7 Å². The number of aliphatic hydroxyl groups excluding tert-OH is 1. The number of benzene rings is 2. The molecule has 0 spiro atoms. The van der Waals surface area contributed by atoms with Gasteiger partial charge in [0.25, 0.3) is 0 Å². The average Bonchev–Trinajstić information content (AvgIpc) is 3.17. The SMILES string of the molecule is NC(=O)OCCC(CC(=O)Cn1nc(-c2ccc(Cl)cc2)n(C[C@H](O)C(F)(F)F)c1=O)c1cccc(C(F)(F)F)c1. The molecule has 2 atom stereocenters. The highest BCUT2D eigenvalue weighted by molar-refractivity contribution is 6.30. The van der Waals surface area contributed by atoms with Crippen LogP contribution in [0.1, 0.15) is 29.9 Å². The molecule has 1 unspecified atom stereocenters. The summed E-state index contributed by atoms with van der Waals surface area (Å²) in [6, 6.07) is 9.68. The smallest absolute Gasteiger partial charge is 0.416 e. The lowest BCUT2D eigenvalue weighted by atomic mass is 9.90. The molecule has 2 aromatic carbocycles. The Kier molecular flexibility index (Phi) is 9.86. The third kappa shape index (κ3) is 8.57. The number of rotatable bonds is 11. The summed E-state index contributed by atoms with van der Waals surface area (Å²) in [5.41, 5.74) is 3.07. The number of amides is 1. The molecule has 1 amide bonds. The summed E-state index contributed by atoms with van der Waals surface area (Å²) in [5.74, 6) is -1.91. The molecule has 9 nitrogen and oxygen atoms in total. The Morgan fingerprint density at radius 3 is 2.32 bits per heavy atom. The van der Waals surface area contributed by atoms with Crippen LogP contribution in [0.15, 0.2) is 53.3 Å². The Morgan fingerprint density at radius 2 is 1.73 bits per heavy atom. The first kappa shape index (κ1) is 31.7. The molecule has 16 heteroatoms. The lowest BCUT2D eigenvalue weighted by molar-refractivity contribution is -0.207. The molecule has 222 valence electrons. The third-order valence-electron chi connectivity index (χ3n) is 5.95. The van der Waals surface area contributed by atoms with E-state index >= 15 is 0 Å². The topological polar surface area (TPSA) is 129 Å². The van der Waals surface area contributed by atoms with Gasteiger partial charge >= 0.3 is 24.1 Å². The fourth-order valence-electron chi connectivity index (χ4n) is 3.96. The van der Waals surface area contributed by atoms with Gasteiger partial charge in [-0.15, -0.1) is 5.10 Å². The molecule has 0 saturated heterocycles. The highest BCUT2D eigenvalue weighted by Crippen LogP contribution is 2.33. The van der Waals surface area contributed by atoms with E-state index in [0.29, 0.717) is 9.25 Å². The van der Waals surface area contributed by atoms with Gasteiger partial charge in [0, 0.05) is 17.0 Å². The number of nitrogens with zero attached hydrogens (tertiary/aromatic N) is 3. The number of alkyl halides is 6. The summed E-state index contributed by atoms with van der Waals surface area (Å²) >= 11 is 5.85.